The summed E-state index contributed by atoms with van der Waals surface area (Å²) in [6.07, 6.45) is 1.10. The van der Waals surface area contributed by atoms with Gasteiger partial charge in [0.2, 0.25) is 0 Å². The Bertz CT molecular complexity index is 306. The van der Waals surface area contributed by atoms with Crippen LogP contribution in [0, 0.1) is 5.92 Å². The van der Waals surface area contributed by atoms with E-state index in [0.29, 0.717) is 12.7 Å². The third-order valence-corrected chi connectivity index (χ3v) is 3.55. The van der Waals surface area contributed by atoms with E-state index in [0.717, 1.165) is 13.0 Å². The Morgan fingerprint density at radius 2 is 1.82 bits per heavy atom. The first kappa shape index (κ1) is 14.2. The summed E-state index contributed by atoms with van der Waals surface area (Å²) in [5.41, 5.74) is 1.50. The predicted molar refractivity (Wildman–Crippen MR) is 71.1 cm³/mol. The van der Waals surface area contributed by atoms with Gasteiger partial charge in [-0.15, -0.1) is 0 Å². The van der Waals surface area contributed by atoms with E-state index in [2.05, 4.69) is 51.1 Å². The highest BCUT2D eigenvalue weighted by Gasteiger charge is 2.29. The lowest BCUT2D eigenvalue weighted by Crippen LogP contribution is -2.32. The van der Waals surface area contributed by atoms with E-state index in [1.807, 2.05) is 0 Å². The SMILES string of the molecule is CC[C@H](COCOC)C(C)(C)c1ccccc1. The fraction of sp³-hybridized carbons (Fsp3) is 0.600. The maximum absolute atomic E-state index is 5.52. The third-order valence-electron chi connectivity index (χ3n) is 3.55. The van der Waals surface area contributed by atoms with E-state index < -0.39 is 0 Å². The van der Waals surface area contributed by atoms with Gasteiger partial charge in [0.1, 0.15) is 6.79 Å². The molecule has 0 radical (unpaired) electrons. The summed E-state index contributed by atoms with van der Waals surface area (Å²) in [5, 5.41) is 0. The number of benzene rings is 1. The van der Waals surface area contributed by atoms with Gasteiger partial charge in [0, 0.05) is 7.11 Å². The molecule has 1 rings (SSSR count). The van der Waals surface area contributed by atoms with Gasteiger partial charge in [0.25, 0.3) is 0 Å². The van der Waals surface area contributed by atoms with E-state index in [-0.39, 0.29) is 5.41 Å². The zero-order chi connectivity index (χ0) is 12.7. The number of hydrogen-bond acceptors (Lipinski definition) is 2. The topological polar surface area (TPSA) is 18.5 Å². The van der Waals surface area contributed by atoms with Crippen LogP contribution in [0.2, 0.25) is 0 Å². The first-order valence-corrected chi connectivity index (χ1v) is 6.25. The summed E-state index contributed by atoms with van der Waals surface area (Å²) in [5.74, 6) is 0.500. The maximum Gasteiger partial charge on any atom is 0.146 e. The fourth-order valence-corrected chi connectivity index (χ4v) is 2.21. The summed E-state index contributed by atoms with van der Waals surface area (Å²) in [6.45, 7) is 7.90. The van der Waals surface area contributed by atoms with Crippen molar-refractivity contribution < 1.29 is 9.47 Å². The lowest BCUT2D eigenvalue weighted by molar-refractivity contribution is -0.0517. The number of ether oxygens (including phenoxy) is 2. The zero-order valence-corrected chi connectivity index (χ0v) is 11.4. The molecule has 1 atom stereocenters. The smallest absolute Gasteiger partial charge is 0.146 e. The zero-order valence-electron chi connectivity index (χ0n) is 11.4. The Labute approximate surface area is 105 Å². The highest BCUT2D eigenvalue weighted by atomic mass is 16.7. The standard InChI is InChI=1S/C15H24O2/c1-5-13(11-17-12-16-4)15(2,3)14-9-7-6-8-10-14/h6-10,13H,5,11-12H2,1-4H3/t13-/m1/s1. The van der Waals surface area contributed by atoms with Crippen molar-refractivity contribution in [1.82, 2.24) is 0 Å². The van der Waals surface area contributed by atoms with Crippen LogP contribution >= 0.6 is 0 Å². The van der Waals surface area contributed by atoms with Crippen molar-refractivity contribution in [1.29, 1.82) is 0 Å². The molecule has 1 aromatic rings. The molecule has 0 fully saturated rings. The molecule has 0 aliphatic carbocycles. The molecule has 2 nitrogen and oxygen atoms in total. The normalized spacial score (nSPS) is 13.6. The molecule has 0 spiro atoms. The van der Waals surface area contributed by atoms with Crippen LogP contribution in [0.15, 0.2) is 30.3 Å². The van der Waals surface area contributed by atoms with Crippen LogP contribution in [-0.4, -0.2) is 20.5 Å². The number of rotatable bonds is 7. The van der Waals surface area contributed by atoms with E-state index >= 15 is 0 Å². The lowest BCUT2D eigenvalue weighted by Gasteiger charge is -2.34. The Kier molecular flexibility index (Phi) is 5.66. The average Bonchev–Trinajstić information content (AvgIpc) is 2.35. The molecule has 0 N–H and O–H groups in total. The Morgan fingerprint density at radius 3 is 2.35 bits per heavy atom. The minimum absolute atomic E-state index is 0.129. The Morgan fingerprint density at radius 1 is 1.18 bits per heavy atom. The monoisotopic (exact) mass is 236 g/mol. The van der Waals surface area contributed by atoms with Crippen molar-refractivity contribution in [2.75, 3.05) is 20.5 Å². The molecular weight excluding hydrogens is 212 g/mol. The molecule has 2 heteroatoms. The summed E-state index contributed by atoms with van der Waals surface area (Å²) in [6, 6.07) is 10.6. The lowest BCUT2D eigenvalue weighted by atomic mass is 9.72. The first-order chi connectivity index (χ1) is 8.12. The van der Waals surface area contributed by atoms with Gasteiger partial charge in [-0.05, 0) is 16.9 Å². The van der Waals surface area contributed by atoms with Crippen molar-refractivity contribution in [3.05, 3.63) is 35.9 Å². The van der Waals surface area contributed by atoms with Gasteiger partial charge in [0.15, 0.2) is 0 Å². The molecule has 1 aromatic carbocycles. The molecule has 0 aromatic heterocycles. The summed E-state index contributed by atoms with van der Waals surface area (Å²) < 4.78 is 10.5. The molecule has 0 unspecified atom stereocenters. The Hall–Kier alpha value is -0.860. The molecule has 17 heavy (non-hydrogen) atoms. The van der Waals surface area contributed by atoms with Crippen molar-refractivity contribution >= 4 is 0 Å². The van der Waals surface area contributed by atoms with Crippen LogP contribution in [0.25, 0.3) is 0 Å². The van der Waals surface area contributed by atoms with Crippen molar-refractivity contribution in [2.45, 2.75) is 32.6 Å². The second-order valence-corrected chi connectivity index (χ2v) is 4.97. The second-order valence-electron chi connectivity index (χ2n) is 4.97. The molecule has 0 saturated carbocycles. The first-order valence-electron chi connectivity index (χ1n) is 6.25. The largest absolute Gasteiger partial charge is 0.359 e. The van der Waals surface area contributed by atoms with Crippen LogP contribution in [0.1, 0.15) is 32.8 Å². The van der Waals surface area contributed by atoms with Crippen LogP contribution in [0.4, 0.5) is 0 Å². The van der Waals surface area contributed by atoms with E-state index in [1.54, 1.807) is 7.11 Å². The van der Waals surface area contributed by atoms with Gasteiger partial charge in [-0.2, -0.15) is 0 Å². The minimum Gasteiger partial charge on any atom is -0.359 e. The molecule has 0 heterocycles. The van der Waals surface area contributed by atoms with E-state index in [4.69, 9.17) is 9.47 Å². The van der Waals surface area contributed by atoms with Gasteiger partial charge >= 0.3 is 0 Å². The Balaban J connectivity index is 2.72. The van der Waals surface area contributed by atoms with Gasteiger partial charge in [-0.25, -0.2) is 0 Å². The third kappa shape index (κ3) is 3.83. The summed E-state index contributed by atoms with van der Waals surface area (Å²) in [4.78, 5) is 0. The van der Waals surface area contributed by atoms with Gasteiger partial charge in [-0.1, -0.05) is 57.5 Å². The fourth-order valence-electron chi connectivity index (χ4n) is 2.21. The predicted octanol–water partition coefficient (Wildman–Crippen LogP) is 3.61. The maximum atomic E-state index is 5.52. The molecular formula is C15H24O2. The minimum atomic E-state index is 0.129. The number of methoxy groups -OCH3 is 1. The van der Waals surface area contributed by atoms with Crippen molar-refractivity contribution in [3.63, 3.8) is 0 Å². The number of hydrogen-bond donors (Lipinski definition) is 0. The average molecular weight is 236 g/mol. The quantitative estimate of drug-likeness (QED) is 0.532. The van der Waals surface area contributed by atoms with Gasteiger partial charge in [0.05, 0.1) is 6.61 Å². The molecule has 0 aliphatic heterocycles. The van der Waals surface area contributed by atoms with Crippen LogP contribution in [0.3, 0.4) is 0 Å². The molecule has 0 saturated heterocycles. The summed E-state index contributed by atoms with van der Waals surface area (Å²) >= 11 is 0. The van der Waals surface area contributed by atoms with E-state index in [1.165, 1.54) is 5.56 Å². The van der Waals surface area contributed by atoms with Gasteiger partial charge < -0.3 is 9.47 Å². The van der Waals surface area contributed by atoms with Crippen molar-refractivity contribution in [2.24, 2.45) is 5.92 Å². The van der Waals surface area contributed by atoms with Gasteiger partial charge in [-0.3, -0.25) is 0 Å². The molecule has 0 bridgehead atoms. The van der Waals surface area contributed by atoms with E-state index in [9.17, 15) is 0 Å². The molecule has 0 aliphatic rings. The highest BCUT2D eigenvalue weighted by molar-refractivity contribution is 5.24. The van der Waals surface area contributed by atoms with Crippen LogP contribution in [-0.2, 0) is 14.9 Å². The van der Waals surface area contributed by atoms with Crippen molar-refractivity contribution in [3.8, 4) is 0 Å². The van der Waals surface area contributed by atoms with Crippen LogP contribution in [0.5, 0.6) is 0 Å². The summed E-state index contributed by atoms with van der Waals surface area (Å²) in [7, 11) is 1.66. The highest BCUT2D eigenvalue weighted by Crippen LogP contribution is 2.33. The molecule has 0 amide bonds. The molecule has 96 valence electrons. The second kappa shape index (κ2) is 6.77. The van der Waals surface area contributed by atoms with Crippen LogP contribution < -0.4 is 0 Å².